The predicted molar refractivity (Wildman–Crippen MR) is 90.6 cm³/mol. The molecule has 0 aliphatic carbocycles. The molecule has 4 nitrogen and oxygen atoms in total. The molecule has 2 N–H and O–H groups in total. The molecule has 1 amide bonds. The van der Waals surface area contributed by atoms with Crippen molar-refractivity contribution in [3.63, 3.8) is 0 Å². The summed E-state index contributed by atoms with van der Waals surface area (Å²) in [7, 11) is 0. The van der Waals surface area contributed by atoms with E-state index in [2.05, 4.69) is 22.5 Å². The molecule has 2 atom stereocenters. The van der Waals surface area contributed by atoms with Crippen LogP contribution in [0.5, 0.6) is 0 Å². The largest absolute Gasteiger partial charge is 0.368 e. The molecular weight excluding hydrogens is 306 g/mol. The van der Waals surface area contributed by atoms with E-state index in [0.717, 1.165) is 47.3 Å². The molecule has 0 saturated carbocycles. The number of halogens is 1. The fourth-order valence-electron chi connectivity index (χ4n) is 2.96. The maximum Gasteiger partial charge on any atom is 0.246 e. The van der Waals surface area contributed by atoms with E-state index in [4.69, 9.17) is 11.6 Å². The van der Waals surface area contributed by atoms with Crippen molar-refractivity contribution >= 4 is 40.6 Å². The minimum Gasteiger partial charge on any atom is -0.368 e. The molecule has 0 aromatic heterocycles. The molecule has 3 rings (SSSR count). The third-order valence-electron chi connectivity index (χ3n) is 3.94. The second kappa shape index (κ2) is 6.07. The Morgan fingerprint density at radius 1 is 1.52 bits per heavy atom. The molecule has 2 aliphatic rings. The lowest BCUT2D eigenvalue weighted by molar-refractivity contribution is -0.117. The van der Waals surface area contributed by atoms with Crippen LogP contribution in [0.4, 0.5) is 11.4 Å². The van der Waals surface area contributed by atoms with E-state index in [-0.39, 0.29) is 11.9 Å². The van der Waals surface area contributed by atoms with Crippen LogP contribution in [0, 0.1) is 0 Å². The Kier molecular flexibility index (Phi) is 4.33. The number of fused-ring (bicyclic) bond motifs is 1. The van der Waals surface area contributed by atoms with Crippen LogP contribution in [0.15, 0.2) is 12.1 Å². The molecule has 1 fully saturated rings. The zero-order valence-electron chi connectivity index (χ0n) is 12.3. The molecule has 2 aliphatic heterocycles. The molecule has 1 aromatic carbocycles. The van der Waals surface area contributed by atoms with Crippen molar-refractivity contribution in [1.29, 1.82) is 0 Å². The smallest absolute Gasteiger partial charge is 0.246 e. The fourth-order valence-corrected chi connectivity index (χ4v) is 4.26. The second-order valence-corrected chi connectivity index (χ2v) is 7.45. The van der Waals surface area contributed by atoms with Crippen LogP contribution in [0.3, 0.4) is 0 Å². The summed E-state index contributed by atoms with van der Waals surface area (Å²) < 4.78 is 0. The Labute approximate surface area is 134 Å². The number of thioether (sulfide) groups is 1. The lowest BCUT2D eigenvalue weighted by atomic mass is 10.1. The molecular formula is C15H20ClN3OS. The van der Waals surface area contributed by atoms with Crippen LogP contribution < -0.4 is 15.5 Å². The molecule has 0 radical (unpaired) electrons. The van der Waals surface area contributed by atoms with Gasteiger partial charge >= 0.3 is 0 Å². The van der Waals surface area contributed by atoms with E-state index >= 15 is 0 Å². The molecule has 2 heterocycles. The number of carbonyl (C=O) groups is 1. The average molecular weight is 326 g/mol. The first kappa shape index (κ1) is 15.0. The summed E-state index contributed by atoms with van der Waals surface area (Å²) in [6.45, 7) is 6.97. The van der Waals surface area contributed by atoms with Gasteiger partial charge in [-0.15, -0.1) is 0 Å². The van der Waals surface area contributed by atoms with Gasteiger partial charge in [-0.1, -0.05) is 25.4 Å². The first-order chi connectivity index (χ1) is 10.1. The highest BCUT2D eigenvalue weighted by Crippen LogP contribution is 2.39. The second-order valence-electron chi connectivity index (χ2n) is 5.50. The van der Waals surface area contributed by atoms with Gasteiger partial charge in [-0.05, 0) is 18.7 Å². The van der Waals surface area contributed by atoms with Crippen molar-refractivity contribution in [3.05, 3.63) is 22.7 Å². The predicted octanol–water partition coefficient (Wildman–Crippen LogP) is 2.88. The number of benzene rings is 1. The van der Waals surface area contributed by atoms with Gasteiger partial charge in [-0.2, -0.15) is 11.8 Å². The van der Waals surface area contributed by atoms with Crippen molar-refractivity contribution in [1.82, 2.24) is 5.32 Å². The summed E-state index contributed by atoms with van der Waals surface area (Å²) >= 11 is 8.48. The van der Waals surface area contributed by atoms with Crippen LogP contribution in [-0.2, 0) is 4.79 Å². The Morgan fingerprint density at radius 3 is 3.05 bits per heavy atom. The normalized spacial score (nSPS) is 24.9. The van der Waals surface area contributed by atoms with Crippen LogP contribution in [0.2, 0.25) is 5.02 Å². The zero-order chi connectivity index (χ0) is 15.0. The Bertz CT molecular complexity index is 566. The summed E-state index contributed by atoms with van der Waals surface area (Å²) in [6.07, 6.45) is 0. The molecule has 0 bridgehead atoms. The van der Waals surface area contributed by atoms with Crippen LogP contribution in [0.1, 0.15) is 25.5 Å². The van der Waals surface area contributed by atoms with Gasteiger partial charge in [0.15, 0.2) is 0 Å². The number of nitrogens with zero attached hydrogens (tertiary/aromatic N) is 1. The molecule has 114 valence electrons. The molecule has 2 unspecified atom stereocenters. The minimum atomic E-state index is -0.285. The van der Waals surface area contributed by atoms with E-state index in [0.29, 0.717) is 5.25 Å². The number of carbonyl (C=O) groups excluding carboxylic acids is 1. The number of anilines is 2. The molecule has 1 saturated heterocycles. The quantitative estimate of drug-likeness (QED) is 0.897. The van der Waals surface area contributed by atoms with Gasteiger partial charge in [0.2, 0.25) is 5.91 Å². The Hall–Kier alpha value is -0.910. The number of amides is 1. The van der Waals surface area contributed by atoms with Crippen molar-refractivity contribution in [2.45, 2.75) is 25.1 Å². The summed E-state index contributed by atoms with van der Waals surface area (Å²) in [5.74, 6) is 1.11. The number of hydrogen-bond donors (Lipinski definition) is 2. The third-order valence-corrected chi connectivity index (χ3v) is 5.38. The highest BCUT2D eigenvalue weighted by atomic mass is 35.5. The van der Waals surface area contributed by atoms with E-state index < -0.39 is 0 Å². The standard InChI is InChI=1S/C15H20ClN3OS/c1-3-17-14-10-6-11(16)13(7-12(10)18-15(14)20)19-4-5-21-9(2)8-19/h6-7,9,14,17H,3-5,8H2,1-2H3,(H,18,20). The highest BCUT2D eigenvalue weighted by molar-refractivity contribution is 8.00. The van der Waals surface area contributed by atoms with Gasteiger partial charge < -0.3 is 15.5 Å². The monoisotopic (exact) mass is 325 g/mol. The SMILES string of the molecule is CCNC1C(=O)Nc2cc(N3CCSC(C)C3)c(Cl)cc21. The topological polar surface area (TPSA) is 44.4 Å². The van der Waals surface area contributed by atoms with Gasteiger partial charge in [-0.3, -0.25) is 4.79 Å². The summed E-state index contributed by atoms with van der Waals surface area (Å²) in [5, 5.41) is 7.49. The Morgan fingerprint density at radius 2 is 2.33 bits per heavy atom. The number of rotatable bonds is 3. The minimum absolute atomic E-state index is 0.00244. The maximum absolute atomic E-state index is 12.0. The fraction of sp³-hybridized carbons (Fsp3) is 0.533. The summed E-state index contributed by atoms with van der Waals surface area (Å²) in [5.41, 5.74) is 2.87. The molecule has 1 aromatic rings. The molecule has 6 heteroatoms. The first-order valence-electron chi connectivity index (χ1n) is 7.34. The van der Waals surface area contributed by atoms with E-state index in [1.54, 1.807) is 0 Å². The van der Waals surface area contributed by atoms with Crippen LogP contribution in [0.25, 0.3) is 0 Å². The van der Waals surface area contributed by atoms with Crippen molar-refractivity contribution in [2.24, 2.45) is 0 Å². The number of hydrogen-bond acceptors (Lipinski definition) is 4. The lowest BCUT2D eigenvalue weighted by Crippen LogP contribution is -2.36. The van der Waals surface area contributed by atoms with E-state index in [9.17, 15) is 4.79 Å². The molecule has 0 spiro atoms. The van der Waals surface area contributed by atoms with Crippen LogP contribution in [-0.4, -0.2) is 36.5 Å². The van der Waals surface area contributed by atoms with Crippen LogP contribution >= 0.6 is 23.4 Å². The van der Waals surface area contributed by atoms with Crippen molar-refractivity contribution in [2.75, 3.05) is 35.6 Å². The van der Waals surface area contributed by atoms with Crippen molar-refractivity contribution < 1.29 is 4.79 Å². The zero-order valence-corrected chi connectivity index (χ0v) is 13.9. The number of nitrogens with one attached hydrogen (secondary N) is 2. The molecule has 21 heavy (non-hydrogen) atoms. The van der Waals surface area contributed by atoms with Gasteiger partial charge in [-0.25, -0.2) is 0 Å². The number of likely N-dealkylation sites (N-methyl/N-ethyl adjacent to an activating group) is 1. The highest BCUT2D eigenvalue weighted by Gasteiger charge is 2.31. The first-order valence-corrected chi connectivity index (χ1v) is 8.77. The lowest BCUT2D eigenvalue weighted by Gasteiger charge is -2.33. The summed E-state index contributed by atoms with van der Waals surface area (Å²) in [6, 6.07) is 3.67. The van der Waals surface area contributed by atoms with Gasteiger partial charge in [0.05, 0.1) is 10.7 Å². The average Bonchev–Trinajstić information content (AvgIpc) is 2.74. The van der Waals surface area contributed by atoms with Gasteiger partial charge in [0, 0.05) is 35.3 Å². The van der Waals surface area contributed by atoms with Crippen molar-refractivity contribution in [3.8, 4) is 0 Å². The summed E-state index contributed by atoms with van der Waals surface area (Å²) in [4.78, 5) is 14.4. The Balaban J connectivity index is 1.92. The van der Waals surface area contributed by atoms with Gasteiger partial charge in [0.1, 0.15) is 6.04 Å². The van der Waals surface area contributed by atoms with E-state index in [1.807, 2.05) is 30.8 Å². The van der Waals surface area contributed by atoms with Gasteiger partial charge in [0.25, 0.3) is 0 Å². The maximum atomic E-state index is 12.0. The van der Waals surface area contributed by atoms with E-state index in [1.165, 1.54) is 0 Å². The third kappa shape index (κ3) is 2.87.